The summed E-state index contributed by atoms with van der Waals surface area (Å²) in [5.74, 6) is -0.590. The quantitative estimate of drug-likeness (QED) is 0.449. The molecule has 30 heavy (non-hydrogen) atoms. The van der Waals surface area contributed by atoms with Gasteiger partial charge in [-0.2, -0.15) is 0 Å². The predicted octanol–water partition coefficient (Wildman–Crippen LogP) is 3.38. The fraction of sp³-hybridized carbons (Fsp3) is 0.478. The summed E-state index contributed by atoms with van der Waals surface area (Å²) in [4.78, 5) is 26.0. The number of aryl methyl sites for hydroxylation is 2. The average Bonchev–Trinajstić information content (AvgIpc) is 2.69. The van der Waals surface area contributed by atoms with Crippen LogP contribution in [0.15, 0.2) is 35.3 Å². The first-order valence-corrected chi connectivity index (χ1v) is 10.2. The van der Waals surface area contributed by atoms with Gasteiger partial charge >= 0.3 is 5.97 Å². The molecule has 0 fully saturated rings. The number of hydrogen-bond acceptors (Lipinski definition) is 5. The first-order valence-electron chi connectivity index (χ1n) is 10.2. The van der Waals surface area contributed by atoms with Crippen LogP contribution in [0.25, 0.3) is 0 Å². The van der Waals surface area contributed by atoms with Crippen molar-refractivity contribution in [2.45, 2.75) is 52.7 Å². The Bertz CT molecular complexity index is 908. The third-order valence-corrected chi connectivity index (χ3v) is 5.21. The molecule has 0 saturated carbocycles. The van der Waals surface area contributed by atoms with Gasteiger partial charge in [-0.05, 0) is 55.0 Å². The van der Waals surface area contributed by atoms with Crippen LogP contribution in [-0.2, 0) is 16.1 Å². The lowest BCUT2D eigenvalue weighted by Gasteiger charge is -2.25. The summed E-state index contributed by atoms with van der Waals surface area (Å²) in [7, 11) is 1.56. The molecule has 2 rings (SSSR count). The van der Waals surface area contributed by atoms with Crippen LogP contribution < -0.4 is 16.2 Å². The van der Waals surface area contributed by atoms with E-state index in [1.807, 2.05) is 31.2 Å². The standard InChI is InChI=1S/C23H33N3O4/c1-14(2)21(18-10-16(4)22(27)25-13-18)26-20-11-17(7-6-15(20)3)12-24-19(23(28)29)8-9-30-5/h6-7,10-11,13-14,19,21,24,26H,8-9,12H2,1-5H3,(H,25,27)(H,28,29). The van der Waals surface area contributed by atoms with E-state index in [1.165, 1.54) is 0 Å². The van der Waals surface area contributed by atoms with Gasteiger partial charge in [0.2, 0.25) is 0 Å². The van der Waals surface area contributed by atoms with Crippen molar-refractivity contribution in [2.75, 3.05) is 19.0 Å². The van der Waals surface area contributed by atoms with Crippen LogP contribution >= 0.6 is 0 Å². The van der Waals surface area contributed by atoms with Crippen LogP contribution in [0.2, 0.25) is 0 Å². The fourth-order valence-electron chi connectivity index (χ4n) is 3.33. The normalized spacial score (nSPS) is 13.3. The number of carbonyl (C=O) groups is 1. The largest absolute Gasteiger partial charge is 0.480 e. The Labute approximate surface area is 177 Å². The summed E-state index contributed by atoms with van der Waals surface area (Å²) in [6.07, 6.45) is 2.17. The zero-order valence-electron chi connectivity index (χ0n) is 18.4. The van der Waals surface area contributed by atoms with Gasteiger partial charge in [0, 0.05) is 37.7 Å². The van der Waals surface area contributed by atoms with Gasteiger partial charge in [-0.1, -0.05) is 26.0 Å². The lowest BCUT2D eigenvalue weighted by Crippen LogP contribution is -2.37. The highest BCUT2D eigenvalue weighted by atomic mass is 16.5. The molecule has 2 aromatic rings. The lowest BCUT2D eigenvalue weighted by molar-refractivity contribution is -0.140. The number of carboxylic acids is 1. The number of carboxylic acid groups (broad SMARTS) is 1. The van der Waals surface area contributed by atoms with Crippen molar-refractivity contribution in [1.82, 2.24) is 10.3 Å². The minimum atomic E-state index is -0.883. The van der Waals surface area contributed by atoms with Crippen LogP contribution in [0.4, 0.5) is 5.69 Å². The maximum absolute atomic E-state index is 11.7. The molecular formula is C23H33N3O4. The fourth-order valence-corrected chi connectivity index (χ4v) is 3.33. The van der Waals surface area contributed by atoms with Gasteiger partial charge < -0.3 is 25.5 Å². The molecule has 0 bridgehead atoms. The zero-order valence-corrected chi connectivity index (χ0v) is 18.4. The summed E-state index contributed by atoms with van der Waals surface area (Å²) < 4.78 is 5.00. The van der Waals surface area contributed by atoms with E-state index < -0.39 is 12.0 Å². The summed E-state index contributed by atoms with van der Waals surface area (Å²) in [5, 5.41) is 16.1. The number of rotatable bonds is 11. The molecule has 0 aliphatic carbocycles. The second kappa shape index (κ2) is 10.9. The average molecular weight is 416 g/mol. The van der Waals surface area contributed by atoms with Crippen molar-refractivity contribution in [1.29, 1.82) is 0 Å². The minimum absolute atomic E-state index is 0.0240. The molecule has 0 aliphatic heterocycles. The number of anilines is 1. The Morgan fingerprint density at radius 1 is 1.20 bits per heavy atom. The molecule has 1 aromatic heterocycles. The summed E-state index contributed by atoms with van der Waals surface area (Å²) in [6, 6.07) is 7.36. The van der Waals surface area contributed by atoms with E-state index in [4.69, 9.17) is 4.74 Å². The number of pyridine rings is 1. The lowest BCUT2D eigenvalue weighted by atomic mass is 9.95. The van der Waals surface area contributed by atoms with Crippen molar-refractivity contribution in [2.24, 2.45) is 5.92 Å². The molecule has 7 nitrogen and oxygen atoms in total. The highest BCUT2D eigenvalue weighted by molar-refractivity contribution is 5.73. The van der Waals surface area contributed by atoms with Crippen LogP contribution in [0.1, 0.15) is 48.6 Å². The number of aromatic nitrogens is 1. The van der Waals surface area contributed by atoms with Gasteiger partial charge in [-0.25, -0.2) is 0 Å². The molecule has 0 aliphatic rings. The van der Waals surface area contributed by atoms with Crippen LogP contribution in [0.3, 0.4) is 0 Å². The van der Waals surface area contributed by atoms with Crippen molar-refractivity contribution in [3.05, 3.63) is 63.1 Å². The van der Waals surface area contributed by atoms with E-state index >= 15 is 0 Å². The van der Waals surface area contributed by atoms with Crippen LogP contribution in [0.5, 0.6) is 0 Å². The number of ether oxygens (including phenoxy) is 1. The van der Waals surface area contributed by atoms with Gasteiger partial charge in [0.25, 0.3) is 5.56 Å². The van der Waals surface area contributed by atoms with E-state index in [2.05, 4.69) is 29.5 Å². The van der Waals surface area contributed by atoms with E-state index in [0.29, 0.717) is 31.1 Å². The third-order valence-electron chi connectivity index (χ3n) is 5.21. The Morgan fingerprint density at radius 3 is 2.53 bits per heavy atom. The van der Waals surface area contributed by atoms with Crippen molar-refractivity contribution in [3.63, 3.8) is 0 Å². The van der Waals surface area contributed by atoms with Crippen molar-refractivity contribution in [3.8, 4) is 0 Å². The van der Waals surface area contributed by atoms with Gasteiger partial charge in [0.05, 0.1) is 6.04 Å². The summed E-state index contributed by atoms with van der Waals surface area (Å²) in [5.41, 5.74) is 4.71. The van der Waals surface area contributed by atoms with E-state index in [1.54, 1.807) is 20.2 Å². The number of hydrogen-bond donors (Lipinski definition) is 4. The second-order valence-corrected chi connectivity index (χ2v) is 8.01. The topological polar surface area (TPSA) is 103 Å². The predicted molar refractivity (Wildman–Crippen MR) is 119 cm³/mol. The van der Waals surface area contributed by atoms with Crippen molar-refractivity contribution < 1.29 is 14.6 Å². The Hall–Kier alpha value is -2.64. The van der Waals surface area contributed by atoms with Crippen LogP contribution in [0, 0.1) is 19.8 Å². The number of benzene rings is 1. The Morgan fingerprint density at radius 2 is 1.93 bits per heavy atom. The first kappa shape index (κ1) is 23.6. The molecular weight excluding hydrogens is 382 g/mol. The van der Waals surface area contributed by atoms with E-state index in [0.717, 1.165) is 22.4 Å². The van der Waals surface area contributed by atoms with Gasteiger partial charge in [0.15, 0.2) is 0 Å². The highest BCUT2D eigenvalue weighted by Gasteiger charge is 2.19. The number of methoxy groups -OCH3 is 1. The highest BCUT2D eigenvalue weighted by Crippen LogP contribution is 2.28. The Balaban J connectivity index is 2.19. The molecule has 164 valence electrons. The second-order valence-electron chi connectivity index (χ2n) is 8.01. The summed E-state index contributed by atoms with van der Waals surface area (Å²) >= 11 is 0. The van der Waals surface area contributed by atoms with Gasteiger partial charge in [-0.3, -0.25) is 9.59 Å². The number of aliphatic carboxylic acids is 1. The smallest absolute Gasteiger partial charge is 0.320 e. The molecule has 7 heteroatoms. The minimum Gasteiger partial charge on any atom is -0.480 e. The number of aromatic amines is 1. The maximum atomic E-state index is 11.7. The molecule has 2 unspecified atom stereocenters. The molecule has 0 spiro atoms. The summed E-state index contributed by atoms with van der Waals surface area (Å²) in [6.45, 7) is 8.94. The molecule has 1 aromatic carbocycles. The maximum Gasteiger partial charge on any atom is 0.320 e. The number of nitrogens with one attached hydrogen (secondary N) is 3. The SMILES string of the molecule is COCCC(NCc1ccc(C)c(NC(c2c[nH]c(=O)c(C)c2)C(C)C)c1)C(=O)O. The molecule has 1 heterocycles. The van der Waals surface area contributed by atoms with Crippen molar-refractivity contribution >= 4 is 11.7 Å². The van der Waals surface area contributed by atoms with Gasteiger partial charge in [0.1, 0.15) is 6.04 Å². The molecule has 2 atom stereocenters. The Kier molecular flexibility index (Phi) is 8.62. The van der Waals surface area contributed by atoms with E-state index in [9.17, 15) is 14.7 Å². The molecule has 0 amide bonds. The van der Waals surface area contributed by atoms with Gasteiger partial charge in [-0.15, -0.1) is 0 Å². The zero-order chi connectivity index (χ0) is 22.3. The molecule has 4 N–H and O–H groups in total. The number of H-pyrrole nitrogens is 1. The first-order chi connectivity index (χ1) is 14.2. The van der Waals surface area contributed by atoms with Crippen LogP contribution in [-0.4, -0.2) is 35.8 Å². The monoisotopic (exact) mass is 415 g/mol. The van der Waals surface area contributed by atoms with E-state index in [-0.39, 0.29) is 11.6 Å². The third kappa shape index (κ3) is 6.43. The molecule has 0 saturated heterocycles. The molecule has 0 radical (unpaired) electrons.